The standard InChI is InChI=1S/C6H5Cl3N2S/c7-6(8,9)12-11-5-3-1-2-4-10-5/h1-4H,(H,10,11). The molecule has 0 unspecified atom stereocenters. The average Bonchev–Trinajstić information content (AvgIpc) is 2.02. The van der Waals surface area contributed by atoms with Crippen LogP contribution < -0.4 is 4.72 Å². The lowest BCUT2D eigenvalue weighted by Gasteiger charge is -2.10. The zero-order chi connectivity index (χ0) is 9.03. The Morgan fingerprint density at radius 1 is 1.33 bits per heavy atom. The molecule has 0 fully saturated rings. The number of nitrogens with one attached hydrogen (secondary N) is 1. The van der Waals surface area contributed by atoms with Gasteiger partial charge in [0, 0.05) is 18.1 Å². The fourth-order valence-corrected chi connectivity index (χ4v) is 1.22. The van der Waals surface area contributed by atoms with Crippen LogP contribution in [0.5, 0.6) is 0 Å². The van der Waals surface area contributed by atoms with Gasteiger partial charge in [-0.25, -0.2) is 4.98 Å². The summed E-state index contributed by atoms with van der Waals surface area (Å²) in [4.78, 5) is 3.97. The summed E-state index contributed by atoms with van der Waals surface area (Å²) in [5.74, 6) is 0.661. The molecule has 0 saturated carbocycles. The van der Waals surface area contributed by atoms with Crippen LogP contribution in [0, 0.1) is 0 Å². The van der Waals surface area contributed by atoms with Crippen LogP contribution in [0.15, 0.2) is 24.4 Å². The van der Waals surface area contributed by atoms with Crippen molar-refractivity contribution in [1.82, 2.24) is 4.98 Å². The Morgan fingerprint density at radius 3 is 2.58 bits per heavy atom. The molecule has 1 aromatic rings. The second kappa shape index (κ2) is 4.42. The number of pyridine rings is 1. The molecule has 0 spiro atoms. The molecule has 0 atom stereocenters. The third-order valence-corrected chi connectivity index (χ3v) is 2.17. The quantitative estimate of drug-likeness (QED) is 0.636. The number of aromatic nitrogens is 1. The lowest BCUT2D eigenvalue weighted by Crippen LogP contribution is -2.00. The molecule has 0 aliphatic rings. The molecular formula is C6H5Cl3N2S. The largest absolute Gasteiger partial charge is 0.311 e. The van der Waals surface area contributed by atoms with E-state index in [1.165, 1.54) is 0 Å². The van der Waals surface area contributed by atoms with E-state index in [0.29, 0.717) is 5.82 Å². The maximum absolute atomic E-state index is 5.49. The lowest BCUT2D eigenvalue weighted by atomic mass is 10.5. The van der Waals surface area contributed by atoms with E-state index in [9.17, 15) is 0 Å². The van der Waals surface area contributed by atoms with Gasteiger partial charge < -0.3 is 4.72 Å². The first-order valence-electron chi connectivity index (χ1n) is 3.00. The van der Waals surface area contributed by atoms with Crippen molar-refractivity contribution in [2.45, 2.75) is 3.12 Å². The van der Waals surface area contributed by atoms with Gasteiger partial charge in [-0.3, -0.25) is 0 Å². The predicted molar refractivity (Wildman–Crippen MR) is 55.7 cm³/mol. The van der Waals surface area contributed by atoms with Crippen molar-refractivity contribution in [3.63, 3.8) is 0 Å². The van der Waals surface area contributed by atoms with E-state index < -0.39 is 3.12 Å². The number of hydrogen-bond donors (Lipinski definition) is 1. The van der Waals surface area contributed by atoms with Crippen LogP contribution in [-0.2, 0) is 0 Å². The molecule has 1 N–H and O–H groups in total. The number of halogens is 3. The molecule has 0 aromatic carbocycles. The Hall–Kier alpha value is 0.170. The minimum atomic E-state index is -1.36. The molecule has 0 bridgehead atoms. The molecule has 0 saturated heterocycles. The number of anilines is 1. The van der Waals surface area contributed by atoms with Gasteiger partial charge in [-0.1, -0.05) is 40.9 Å². The summed E-state index contributed by atoms with van der Waals surface area (Å²) in [6, 6.07) is 5.43. The molecule has 1 heterocycles. The minimum Gasteiger partial charge on any atom is -0.311 e. The Morgan fingerprint density at radius 2 is 2.08 bits per heavy atom. The van der Waals surface area contributed by atoms with Crippen LogP contribution in [0.4, 0.5) is 5.82 Å². The molecule has 1 aromatic heterocycles. The van der Waals surface area contributed by atoms with Gasteiger partial charge in [0.25, 0.3) is 3.12 Å². The van der Waals surface area contributed by atoms with E-state index in [1.807, 2.05) is 12.1 Å². The second-order valence-corrected chi connectivity index (χ2v) is 5.84. The average molecular weight is 244 g/mol. The van der Waals surface area contributed by atoms with Crippen molar-refractivity contribution in [2.75, 3.05) is 4.72 Å². The van der Waals surface area contributed by atoms with Gasteiger partial charge in [-0.15, -0.1) is 0 Å². The summed E-state index contributed by atoms with van der Waals surface area (Å²) < 4.78 is 1.43. The minimum absolute atomic E-state index is 0.661. The monoisotopic (exact) mass is 242 g/mol. The van der Waals surface area contributed by atoms with Gasteiger partial charge in [0.1, 0.15) is 5.82 Å². The van der Waals surface area contributed by atoms with Crippen molar-refractivity contribution < 1.29 is 0 Å². The maximum atomic E-state index is 5.49. The molecule has 1 rings (SSSR count). The van der Waals surface area contributed by atoms with E-state index in [1.54, 1.807) is 12.3 Å². The molecule has 6 heteroatoms. The topological polar surface area (TPSA) is 24.9 Å². The number of hydrogen-bond acceptors (Lipinski definition) is 3. The normalized spacial score (nSPS) is 11.2. The third-order valence-electron chi connectivity index (χ3n) is 0.936. The lowest BCUT2D eigenvalue weighted by molar-refractivity contribution is 1.34. The fraction of sp³-hybridized carbons (Fsp3) is 0.167. The fourth-order valence-electron chi connectivity index (χ4n) is 0.533. The van der Waals surface area contributed by atoms with Gasteiger partial charge in [-0.2, -0.15) is 0 Å². The van der Waals surface area contributed by atoms with Gasteiger partial charge in [0.2, 0.25) is 0 Å². The molecule has 0 aliphatic heterocycles. The van der Waals surface area contributed by atoms with E-state index in [2.05, 4.69) is 9.71 Å². The second-order valence-electron chi connectivity index (χ2n) is 1.86. The summed E-state index contributed by atoms with van der Waals surface area (Å²) in [5.41, 5.74) is 0. The zero-order valence-electron chi connectivity index (χ0n) is 5.80. The first-order valence-corrected chi connectivity index (χ1v) is 4.95. The number of rotatable bonds is 2. The third kappa shape index (κ3) is 4.26. The Balaban J connectivity index is 2.44. The molecule has 0 aliphatic carbocycles. The highest BCUT2D eigenvalue weighted by Gasteiger charge is 2.20. The molecule has 12 heavy (non-hydrogen) atoms. The summed E-state index contributed by atoms with van der Waals surface area (Å²) in [6.45, 7) is 0. The Kier molecular flexibility index (Phi) is 3.77. The zero-order valence-corrected chi connectivity index (χ0v) is 8.88. The maximum Gasteiger partial charge on any atom is 0.256 e. The molecule has 66 valence electrons. The first-order chi connectivity index (χ1) is 5.58. The van der Waals surface area contributed by atoms with Crippen LogP contribution >= 0.6 is 46.8 Å². The summed E-state index contributed by atoms with van der Waals surface area (Å²) in [5, 5.41) is 0. The molecule has 0 radical (unpaired) electrons. The van der Waals surface area contributed by atoms with Crippen LogP contribution in [0.3, 0.4) is 0 Å². The highest BCUT2D eigenvalue weighted by Crippen LogP contribution is 2.38. The Labute approximate surface area is 89.7 Å². The van der Waals surface area contributed by atoms with Crippen LogP contribution in [0.1, 0.15) is 0 Å². The van der Waals surface area contributed by atoms with Crippen molar-refractivity contribution in [3.8, 4) is 0 Å². The SMILES string of the molecule is ClC(Cl)(Cl)SNc1ccccn1. The van der Waals surface area contributed by atoms with Gasteiger partial charge >= 0.3 is 0 Å². The molecule has 2 nitrogen and oxygen atoms in total. The van der Waals surface area contributed by atoms with Gasteiger partial charge in [-0.05, 0) is 12.1 Å². The number of alkyl halides is 3. The first kappa shape index (κ1) is 10.3. The van der Waals surface area contributed by atoms with Crippen molar-refractivity contribution >= 4 is 52.6 Å². The summed E-state index contributed by atoms with van der Waals surface area (Å²) in [6.07, 6.45) is 1.65. The molecular weight excluding hydrogens is 239 g/mol. The number of nitrogens with zero attached hydrogens (tertiary/aromatic N) is 1. The Bertz CT molecular complexity index is 236. The van der Waals surface area contributed by atoms with Crippen molar-refractivity contribution in [1.29, 1.82) is 0 Å². The van der Waals surface area contributed by atoms with E-state index in [0.717, 1.165) is 11.9 Å². The van der Waals surface area contributed by atoms with E-state index in [-0.39, 0.29) is 0 Å². The van der Waals surface area contributed by atoms with E-state index >= 15 is 0 Å². The van der Waals surface area contributed by atoms with Crippen LogP contribution in [0.2, 0.25) is 0 Å². The van der Waals surface area contributed by atoms with Crippen LogP contribution in [-0.4, -0.2) is 8.11 Å². The highest BCUT2D eigenvalue weighted by atomic mass is 35.6. The van der Waals surface area contributed by atoms with Crippen molar-refractivity contribution in [3.05, 3.63) is 24.4 Å². The highest BCUT2D eigenvalue weighted by molar-refractivity contribution is 8.05. The van der Waals surface area contributed by atoms with Gasteiger partial charge in [0.05, 0.1) is 0 Å². The van der Waals surface area contributed by atoms with Crippen molar-refractivity contribution in [2.24, 2.45) is 0 Å². The summed E-state index contributed by atoms with van der Waals surface area (Å²) >= 11 is 17.4. The smallest absolute Gasteiger partial charge is 0.256 e. The predicted octanol–water partition coefficient (Wildman–Crippen LogP) is 3.47. The van der Waals surface area contributed by atoms with Crippen LogP contribution in [0.25, 0.3) is 0 Å². The summed E-state index contributed by atoms with van der Waals surface area (Å²) in [7, 11) is 0. The molecule has 0 amide bonds. The van der Waals surface area contributed by atoms with Gasteiger partial charge in [0.15, 0.2) is 0 Å². The van der Waals surface area contributed by atoms with E-state index in [4.69, 9.17) is 34.8 Å².